The number of para-hydroxylation sites is 1. The summed E-state index contributed by atoms with van der Waals surface area (Å²) in [5.74, 6) is 2.15. The number of nitrogens with zero attached hydrogens (tertiary/aromatic N) is 3. The number of fused-ring (bicyclic) bond motifs is 2. The highest BCUT2D eigenvalue weighted by molar-refractivity contribution is 7.15. The molecule has 8 heteroatoms. The lowest BCUT2D eigenvalue weighted by atomic mass is 10.1. The molecule has 0 bridgehead atoms. The number of aryl methyl sites for hydroxylation is 1. The molecule has 0 saturated heterocycles. The molecule has 2 aromatic carbocycles. The second-order valence-corrected chi connectivity index (χ2v) is 8.70. The van der Waals surface area contributed by atoms with Gasteiger partial charge in [-0.05, 0) is 37.3 Å². The summed E-state index contributed by atoms with van der Waals surface area (Å²) >= 11 is 7.50. The van der Waals surface area contributed by atoms with Crippen molar-refractivity contribution in [2.75, 3.05) is 0 Å². The molecule has 0 N–H and O–H groups in total. The normalized spacial score (nSPS) is 12.4. The number of thiazole rings is 1. The van der Waals surface area contributed by atoms with E-state index in [-0.39, 0.29) is 5.56 Å². The van der Waals surface area contributed by atoms with Gasteiger partial charge >= 0.3 is 0 Å². The van der Waals surface area contributed by atoms with Crippen molar-refractivity contribution in [3.8, 4) is 22.9 Å². The number of benzene rings is 2. The van der Waals surface area contributed by atoms with Crippen LogP contribution in [0.5, 0.6) is 0 Å². The Labute approximate surface area is 190 Å². The predicted octanol–water partition coefficient (Wildman–Crippen LogP) is 5.33. The Kier molecular flexibility index (Phi) is 4.28. The van der Waals surface area contributed by atoms with Crippen LogP contribution in [0.25, 0.3) is 44.9 Å². The number of aromatic nitrogens is 3. The topological polar surface area (TPSA) is 73.5 Å². The Bertz CT molecular complexity index is 1740. The first-order valence-corrected chi connectivity index (χ1v) is 11.0. The van der Waals surface area contributed by atoms with Gasteiger partial charge in [0.2, 0.25) is 10.8 Å². The minimum atomic E-state index is -0.256. The highest BCUT2D eigenvalue weighted by atomic mass is 35.5. The Hall–Kier alpha value is -3.68. The summed E-state index contributed by atoms with van der Waals surface area (Å²) in [5.41, 5.74) is 2.25. The van der Waals surface area contributed by atoms with Crippen LogP contribution < -0.4 is 10.1 Å². The van der Waals surface area contributed by atoms with E-state index in [1.807, 2.05) is 55.5 Å². The molecule has 0 amide bonds. The molecule has 0 aliphatic carbocycles. The second kappa shape index (κ2) is 7.19. The van der Waals surface area contributed by atoms with E-state index < -0.39 is 0 Å². The maximum Gasteiger partial charge on any atom is 0.291 e. The van der Waals surface area contributed by atoms with Gasteiger partial charge in [-0.25, -0.2) is 0 Å². The van der Waals surface area contributed by atoms with Crippen LogP contribution in [0.3, 0.4) is 0 Å². The largest absolute Gasteiger partial charge is 0.457 e. The van der Waals surface area contributed by atoms with E-state index in [9.17, 15) is 4.79 Å². The standard InChI is InChI=1S/C24H14ClN3O3S/c1-13-15-6-3-5-9-18(15)31-21(13)22-26-24-28(27-22)23(29)20(32-24)12-14-10-11-19(30-14)16-7-2-4-8-17(16)25/h2-12H,1H3. The van der Waals surface area contributed by atoms with E-state index >= 15 is 0 Å². The van der Waals surface area contributed by atoms with Crippen LogP contribution in [-0.4, -0.2) is 14.6 Å². The maximum absolute atomic E-state index is 12.9. The number of halogens is 1. The molecule has 0 atom stereocenters. The van der Waals surface area contributed by atoms with Crippen LogP contribution in [0, 0.1) is 6.92 Å². The van der Waals surface area contributed by atoms with Gasteiger partial charge in [-0.3, -0.25) is 4.79 Å². The summed E-state index contributed by atoms with van der Waals surface area (Å²) in [6, 6.07) is 18.8. The monoisotopic (exact) mass is 459 g/mol. The number of hydrogen-bond donors (Lipinski definition) is 0. The summed E-state index contributed by atoms with van der Waals surface area (Å²) in [7, 11) is 0. The fourth-order valence-electron chi connectivity index (χ4n) is 3.68. The van der Waals surface area contributed by atoms with Gasteiger partial charge in [0.15, 0.2) is 5.76 Å². The molecule has 4 heterocycles. The van der Waals surface area contributed by atoms with Crippen LogP contribution in [0.1, 0.15) is 11.3 Å². The lowest BCUT2D eigenvalue weighted by Crippen LogP contribution is -2.23. The number of rotatable bonds is 3. The van der Waals surface area contributed by atoms with Gasteiger partial charge < -0.3 is 8.83 Å². The molecule has 0 radical (unpaired) electrons. The van der Waals surface area contributed by atoms with E-state index in [0.29, 0.717) is 37.6 Å². The highest BCUT2D eigenvalue weighted by Crippen LogP contribution is 2.31. The molecule has 156 valence electrons. The van der Waals surface area contributed by atoms with Crippen molar-refractivity contribution < 1.29 is 8.83 Å². The van der Waals surface area contributed by atoms with Crippen molar-refractivity contribution in [2.24, 2.45) is 0 Å². The van der Waals surface area contributed by atoms with Gasteiger partial charge in [0.1, 0.15) is 21.6 Å². The van der Waals surface area contributed by atoms with E-state index in [4.69, 9.17) is 20.4 Å². The highest BCUT2D eigenvalue weighted by Gasteiger charge is 2.19. The first kappa shape index (κ1) is 19.0. The first-order chi connectivity index (χ1) is 15.6. The lowest BCUT2D eigenvalue weighted by Gasteiger charge is -1.98. The number of furan rings is 2. The predicted molar refractivity (Wildman–Crippen MR) is 125 cm³/mol. The first-order valence-electron chi connectivity index (χ1n) is 9.83. The fraction of sp³-hybridized carbons (Fsp3) is 0.0417. The van der Waals surface area contributed by atoms with Crippen molar-refractivity contribution in [1.82, 2.24) is 14.6 Å². The van der Waals surface area contributed by atoms with Gasteiger partial charge in [-0.2, -0.15) is 9.50 Å². The molecule has 4 aromatic heterocycles. The van der Waals surface area contributed by atoms with E-state index in [1.165, 1.54) is 15.9 Å². The molecule has 6 aromatic rings. The zero-order valence-corrected chi connectivity index (χ0v) is 18.3. The Morgan fingerprint density at radius 1 is 1.03 bits per heavy atom. The van der Waals surface area contributed by atoms with Crippen molar-refractivity contribution in [3.05, 3.63) is 91.9 Å². The van der Waals surface area contributed by atoms with Crippen LogP contribution in [0.15, 0.2) is 74.3 Å². The zero-order valence-electron chi connectivity index (χ0n) is 16.7. The Balaban J connectivity index is 1.40. The van der Waals surface area contributed by atoms with Crippen molar-refractivity contribution in [2.45, 2.75) is 6.92 Å². The molecule has 0 unspecified atom stereocenters. The maximum atomic E-state index is 12.9. The molecular formula is C24H14ClN3O3S. The second-order valence-electron chi connectivity index (χ2n) is 7.28. The van der Waals surface area contributed by atoms with Gasteiger partial charge in [0.25, 0.3) is 5.56 Å². The average Bonchev–Trinajstić information content (AvgIpc) is 3.55. The third-order valence-corrected chi connectivity index (χ3v) is 6.56. The Morgan fingerprint density at radius 2 is 1.84 bits per heavy atom. The summed E-state index contributed by atoms with van der Waals surface area (Å²) < 4.78 is 13.6. The van der Waals surface area contributed by atoms with E-state index in [0.717, 1.165) is 22.1 Å². The molecule has 0 fully saturated rings. The van der Waals surface area contributed by atoms with Gasteiger partial charge in [0, 0.05) is 22.6 Å². The van der Waals surface area contributed by atoms with Crippen molar-refractivity contribution >= 4 is 44.9 Å². The molecule has 6 nitrogen and oxygen atoms in total. The van der Waals surface area contributed by atoms with E-state index in [2.05, 4.69) is 10.1 Å². The van der Waals surface area contributed by atoms with Crippen LogP contribution in [-0.2, 0) is 0 Å². The summed E-state index contributed by atoms with van der Waals surface area (Å²) in [6.45, 7) is 1.96. The Morgan fingerprint density at radius 3 is 2.66 bits per heavy atom. The molecule has 6 rings (SSSR count). The third kappa shape index (κ3) is 2.97. The molecule has 32 heavy (non-hydrogen) atoms. The minimum absolute atomic E-state index is 0.256. The van der Waals surface area contributed by atoms with Gasteiger partial charge in [0.05, 0.1) is 5.02 Å². The van der Waals surface area contributed by atoms with Crippen LogP contribution in [0.4, 0.5) is 0 Å². The van der Waals surface area contributed by atoms with E-state index in [1.54, 1.807) is 18.2 Å². The third-order valence-electron chi connectivity index (χ3n) is 5.27. The van der Waals surface area contributed by atoms with Crippen molar-refractivity contribution in [1.29, 1.82) is 0 Å². The molecular weight excluding hydrogens is 446 g/mol. The fourth-order valence-corrected chi connectivity index (χ4v) is 4.80. The molecule has 0 aliphatic rings. The molecule has 0 spiro atoms. The zero-order chi connectivity index (χ0) is 21.8. The lowest BCUT2D eigenvalue weighted by molar-refractivity contribution is 0.571. The smallest absolute Gasteiger partial charge is 0.291 e. The summed E-state index contributed by atoms with van der Waals surface area (Å²) in [6.07, 6.45) is 1.69. The average molecular weight is 460 g/mol. The van der Waals surface area contributed by atoms with Crippen LogP contribution >= 0.6 is 22.9 Å². The summed E-state index contributed by atoms with van der Waals surface area (Å²) in [5, 5.41) is 6.01. The van der Waals surface area contributed by atoms with Gasteiger partial charge in [-0.15, -0.1) is 5.10 Å². The molecule has 0 saturated carbocycles. The quantitative estimate of drug-likeness (QED) is 0.357. The van der Waals surface area contributed by atoms with Crippen molar-refractivity contribution in [3.63, 3.8) is 0 Å². The summed E-state index contributed by atoms with van der Waals surface area (Å²) in [4.78, 5) is 17.9. The minimum Gasteiger partial charge on any atom is -0.457 e. The van der Waals surface area contributed by atoms with Gasteiger partial charge in [-0.1, -0.05) is 53.3 Å². The number of hydrogen-bond acceptors (Lipinski definition) is 6. The van der Waals surface area contributed by atoms with Crippen LogP contribution in [0.2, 0.25) is 5.02 Å². The SMILES string of the molecule is Cc1c(-c2nc3sc(=Cc4ccc(-c5ccccc5Cl)o4)c(=O)n3n2)oc2ccccc12. The molecule has 0 aliphatic heterocycles.